The first-order valence-electron chi connectivity index (χ1n) is 10.2. The van der Waals surface area contributed by atoms with E-state index in [0.29, 0.717) is 6.54 Å². The fraction of sp³-hybridized carbons (Fsp3) is 0.682. The molecule has 1 saturated carbocycles. The number of hydrogen-bond acceptors (Lipinski definition) is 4. The van der Waals surface area contributed by atoms with Crippen LogP contribution in [0.25, 0.3) is 0 Å². The van der Waals surface area contributed by atoms with Gasteiger partial charge in [-0.05, 0) is 50.0 Å². The molecule has 4 nitrogen and oxygen atoms in total. The number of hydrogen-bond donors (Lipinski definition) is 1. The van der Waals surface area contributed by atoms with E-state index in [0.717, 1.165) is 57.2 Å². The number of ether oxygens (including phenoxy) is 1. The number of piperazine rings is 1. The number of nitrogens with one attached hydrogen (secondary N) is 1. The van der Waals surface area contributed by atoms with Crippen LogP contribution in [0.4, 0.5) is 0 Å². The van der Waals surface area contributed by atoms with Crippen LogP contribution >= 0.6 is 0 Å². The summed E-state index contributed by atoms with van der Waals surface area (Å²) < 4.78 is 6.09. The second-order valence-corrected chi connectivity index (χ2v) is 8.63. The number of benzene rings is 1. The summed E-state index contributed by atoms with van der Waals surface area (Å²) in [6.45, 7) is 10.00. The second-order valence-electron chi connectivity index (χ2n) is 8.63. The summed E-state index contributed by atoms with van der Waals surface area (Å²) in [6, 6.07) is 10.2. The van der Waals surface area contributed by atoms with Crippen molar-refractivity contribution in [3.8, 4) is 0 Å². The van der Waals surface area contributed by atoms with Crippen LogP contribution in [-0.2, 0) is 16.1 Å². The van der Waals surface area contributed by atoms with Crippen molar-refractivity contribution in [3.63, 3.8) is 0 Å². The van der Waals surface area contributed by atoms with E-state index in [2.05, 4.69) is 55.3 Å². The summed E-state index contributed by atoms with van der Waals surface area (Å²) >= 11 is 0. The molecule has 0 radical (unpaired) electrons. The van der Waals surface area contributed by atoms with E-state index in [4.69, 9.17) is 4.74 Å². The molecule has 1 heterocycles. The fourth-order valence-electron chi connectivity index (χ4n) is 4.32. The van der Waals surface area contributed by atoms with Crippen LogP contribution in [0.15, 0.2) is 30.3 Å². The molecule has 1 saturated heterocycles. The average molecular weight is 359 g/mol. The lowest BCUT2D eigenvalue weighted by Gasteiger charge is -2.41. The number of nitrogens with zero attached hydrogens (tertiary/aromatic N) is 1. The van der Waals surface area contributed by atoms with Gasteiger partial charge in [-0.25, -0.2) is 0 Å². The van der Waals surface area contributed by atoms with E-state index in [-0.39, 0.29) is 17.6 Å². The lowest BCUT2D eigenvalue weighted by molar-refractivity contribution is -0.169. The standard InChI is InChI=1S/C22H34N2O2/c1-17(2)19-9-11-22(3,12-10-19)26-21(25)20-15-23-13-14-24(20)16-18-7-5-4-6-8-18/h4-8,17,19-20,23H,9-16H2,1-3H3. The van der Waals surface area contributed by atoms with Crippen molar-refractivity contribution < 1.29 is 9.53 Å². The minimum absolute atomic E-state index is 0.0568. The Bertz CT molecular complexity index is 579. The van der Waals surface area contributed by atoms with Gasteiger partial charge in [-0.15, -0.1) is 0 Å². The highest BCUT2D eigenvalue weighted by Crippen LogP contribution is 2.38. The van der Waals surface area contributed by atoms with E-state index in [1.165, 1.54) is 5.56 Å². The molecule has 1 N–H and O–H groups in total. The first-order valence-corrected chi connectivity index (χ1v) is 10.2. The molecule has 0 aromatic heterocycles. The molecule has 0 bridgehead atoms. The Morgan fingerprint density at radius 1 is 1.27 bits per heavy atom. The lowest BCUT2D eigenvalue weighted by Crippen LogP contribution is -2.56. The molecule has 1 aromatic carbocycles. The maximum atomic E-state index is 13.0. The van der Waals surface area contributed by atoms with E-state index >= 15 is 0 Å². The van der Waals surface area contributed by atoms with Gasteiger partial charge < -0.3 is 10.1 Å². The monoisotopic (exact) mass is 358 g/mol. The van der Waals surface area contributed by atoms with Gasteiger partial charge in [0, 0.05) is 26.2 Å². The molecule has 1 atom stereocenters. The zero-order chi connectivity index (χ0) is 18.6. The molecule has 0 amide bonds. The minimum atomic E-state index is -0.293. The maximum Gasteiger partial charge on any atom is 0.325 e. The quantitative estimate of drug-likeness (QED) is 0.817. The number of carbonyl (C=O) groups excluding carboxylic acids is 1. The Balaban J connectivity index is 1.60. The fourth-order valence-corrected chi connectivity index (χ4v) is 4.32. The zero-order valence-corrected chi connectivity index (χ0v) is 16.5. The van der Waals surface area contributed by atoms with Crippen LogP contribution in [-0.4, -0.2) is 42.1 Å². The highest BCUT2D eigenvalue weighted by atomic mass is 16.6. The predicted octanol–water partition coefficient (Wildman–Crippen LogP) is 3.61. The van der Waals surface area contributed by atoms with Crippen molar-refractivity contribution in [1.29, 1.82) is 0 Å². The first kappa shape index (κ1) is 19.4. The van der Waals surface area contributed by atoms with E-state index in [1.807, 2.05) is 6.07 Å². The van der Waals surface area contributed by atoms with Crippen molar-refractivity contribution in [2.75, 3.05) is 19.6 Å². The molecule has 1 aliphatic heterocycles. The van der Waals surface area contributed by atoms with Crippen molar-refractivity contribution in [3.05, 3.63) is 35.9 Å². The highest BCUT2D eigenvalue weighted by Gasteiger charge is 2.38. The third-order valence-corrected chi connectivity index (χ3v) is 6.23. The van der Waals surface area contributed by atoms with Gasteiger partial charge in [-0.2, -0.15) is 0 Å². The zero-order valence-electron chi connectivity index (χ0n) is 16.5. The SMILES string of the molecule is CC(C)C1CCC(C)(OC(=O)C2CNCCN2Cc2ccccc2)CC1. The Morgan fingerprint density at radius 2 is 1.96 bits per heavy atom. The van der Waals surface area contributed by atoms with Gasteiger partial charge in [-0.3, -0.25) is 9.69 Å². The summed E-state index contributed by atoms with van der Waals surface area (Å²) in [5.74, 6) is 1.44. The van der Waals surface area contributed by atoms with Gasteiger partial charge in [-0.1, -0.05) is 44.2 Å². The van der Waals surface area contributed by atoms with Crippen LogP contribution in [0.3, 0.4) is 0 Å². The van der Waals surface area contributed by atoms with Crippen molar-refractivity contribution in [1.82, 2.24) is 10.2 Å². The molecule has 1 aliphatic carbocycles. The molecule has 1 aromatic rings. The van der Waals surface area contributed by atoms with E-state index in [1.54, 1.807) is 0 Å². The van der Waals surface area contributed by atoms with E-state index < -0.39 is 0 Å². The number of rotatable bonds is 5. The summed E-state index contributed by atoms with van der Waals surface area (Å²) in [7, 11) is 0. The smallest absolute Gasteiger partial charge is 0.325 e. The Morgan fingerprint density at radius 3 is 2.62 bits per heavy atom. The van der Waals surface area contributed by atoms with Crippen LogP contribution in [0, 0.1) is 11.8 Å². The molecular weight excluding hydrogens is 324 g/mol. The highest BCUT2D eigenvalue weighted by molar-refractivity contribution is 5.76. The molecule has 0 spiro atoms. The molecule has 2 aliphatic rings. The summed E-state index contributed by atoms with van der Waals surface area (Å²) in [5.41, 5.74) is 0.953. The summed E-state index contributed by atoms with van der Waals surface area (Å²) in [6.07, 6.45) is 4.30. The second kappa shape index (κ2) is 8.53. The number of carbonyl (C=O) groups is 1. The van der Waals surface area contributed by atoms with Crippen molar-refractivity contribution in [2.24, 2.45) is 11.8 Å². The average Bonchev–Trinajstić information content (AvgIpc) is 2.63. The minimum Gasteiger partial charge on any atom is -0.458 e. The first-order chi connectivity index (χ1) is 12.5. The molecule has 4 heteroatoms. The van der Waals surface area contributed by atoms with Crippen LogP contribution in [0.2, 0.25) is 0 Å². The van der Waals surface area contributed by atoms with Crippen molar-refractivity contribution >= 4 is 5.97 Å². The summed E-state index contributed by atoms with van der Waals surface area (Å²) in [5, 5.41) is 3.36. The van der Waals surface area contributed by atoms with Gasteiger partial charge in [0.2, 0.25) is 0 Å². The van der Waals surface area contributed by atoms with Gasteiger partial charge in [0.05, 0.1) is 0 Å². The molecule has 1 unspecified atom stereocenters. The van der Waals surface area contributed by atoms with Crippen LogP contribution < -0.4 is 5.32 Å². The lowest BCUT2D eigenvalue weighted by atomic mass is 9.75. The van der Waals surface area contributed by atoms with Crippen LogP contribution in [0.5, 0.6) is 0 Å². The normalized spacial score (nSPS) is 30.3. The molecular formula is C22H34N2O2. The third kappa shape index (κ3) is 4.86. The van der Waals surface area contributed by atoms with Gasteiger partial charge in [0.25, 0.3) is 0 Å². The van der Waals surface area contributed by atoms with Gasteiger partial charge >= 0.3 is 5.97 Å². The topological polar surface area (TPSA) is 41.6 Å². The van der Waals surface area contributed by atoms with Gasteiger partial charge in [0.1, 0.15) is 11.6 Å². The Kier molecular flexibility index (Phi) is 6.36. The predicted molar refractivity (Wildman–Crippen MR) is 105 cm³/mol. The number of esters is 1. The molecule has 3 rings (SSSR count). The Labute approximate surface area is 158 Å². The molecule has 26 heavy (non-hydrogen) atoms. The van der Waals surface area contributed by atoms with Crippen molar-refractivity contribution in [2.45, 2.75) is 64.6 Å². The summed E-state index contributed by atoms with van der Waals surface area (Å²) in [4.78, 5) is 15.2. The van der Waals surface area contributed by atoms with Gasteiger partial charge in [0.15, 0.2) is 0 Å². The third-order valence-electron chi connectivity index (χ3n) is 6.23. The van der Waals surface area contributed by atoms with Crippen LogP contribution in [0.1, 0.15) is 52.0 Å². The van der Waals surface area contributed by atoms with E-state index in [9.17, 15) is 4.79 Å². The largest absolute Gasteiger partial charge is 0.458 e. The Hall–Kier alpha value is -1.39. The molecule has 2 fully saturated rings. The molecule has 144 valence electrons. The maximum absolute atomic E-state index is 13.0.